The zero-order valence-electron chi connectivity index (χ0n) is 14.2. The summed E-state index contributed by atoms with van der Waals surface area (Å²) in [5.74, 6) is -0.332. The highest BCUT2D eigenvalue weighted by atomic mass is 16.2. The van der Waals surface area contributed by atoms with Gasteiger partial charge < -0.3 is 10.6 Å². The minimum absolute atomic E-state index is 0.0495. The van der Waals surface area contributed by atoms with Crippen molar-refractivity contribution in [1.29, 1.82) is 0 Å². The zero-order valence-corrected chi connectivity index (χ0v) is 14.2. The molecule has 2 aromatic rings. The Morgan fingerprint density at radius 3 is 2.12 bits per heavy atom. The van der Waals surface area contributed by atoms with E-state index in [-0.39, 0.29) is 17.7 Å². The van der Waals surface area contributed by atoms with Crippen LogP contribution in [0.1, 0.15) is 36.2 Å². The highest BCUT2D eigenvalue weighted by Gasteiger charge is 2.26. The van der Waals surface area contributed by atoms with Gasteiger partial charge in [0, 0.05) is 12.1 Å². The highest BCUT2D eigenvalue weighted by Crippen LogP contribution is 2.10. The molecule has 0 aliphatic carbocycles. The smallest absolute Gasteiger partial charge is 0.251 e. The van der Waals surface area contributed by atoms with E-state index in [0.717, 1.165) is 12.0 Å². The quantitative estimate of drug-likeness (QED) is 0.822. The Kier molecular flexibility index (Phi) is 6.55. The first kappa shape index (κ1) is 17.7. The van der Waals surface area contributed by atoms with Gasteiger partial charge in [-0.2, -0.15) is 0 Å². The molecule has 2 N–H and O–H groups in total. The van der Waals surface area contributed by atoms with E-state index >= 15 is 0 Å². The lowest BCUT2D eigenvalue weighted by Gasteiger charge is -2.23. The molecule has 0 spiro atoms. The fraction of sp³-hybridized carbons (Fsp3) is 0.300. The van der Waals surface area contributed by atoms with Crippen LogP contribution >= 0.6 is 0 Å². The number of hydrogen-bond donors (Lipinski definition) is 2. The summed E-state index contributed by atoms with van der Waals surface area (Å²) in [5, 5.41) is 5.79. The monoisotopic (exact) mass is 324 g/mol. The Balaban J connectivity index is 2.02. The van der Waals surface area contributed by atoms with E-state index in [9.17, 15) is 9.59 Å². The maximum Gasteiger partial charge on any atom is 0.251 e. The lowest BCUT2D eigenvalue weighted by atomic mass is 9.97. The van der Waals surface area contributed by atoms with Crippen molar-refractivity contribution in [2.24, 2.45) is 5.92 Å². The van der Waals surface area contributed by atoms with Crippen LogP contribution in [-0.4, -0.2) is 17.9 Å². The lowest BCUT2D eigenvalue weighted by Crippen LogP contribution is -2.50. The minimum atomic E-state index is -0.550. The van der Waals surface area contributed by atoms with Crippen molar-refractivity contribution < 1.29 is 9.59 Å². The van der Waals surface area contributed by atoms with Crippen LogP contribution in [0.3, 0.4) is 0 Å². The fourth-order valence-corrected chi connectivity index (χ4v) is 2.41. The van der Waals surface area contributed by atoms with Crippen molar-refractivity contribution in [3.05, 3.63) is 71.8 Å². The summed E-state index contributed by atoms with van der Waals surface area (Å²) in [4.78, 5) is 24.9. The van der Waals surface area contributed by atoms with Crippen molar-refractivity contribution >= 4 is 11.8 Å². The van der Waals surface area contributed by atoms with Gasteiger partial charge in [-0.05, 0) is 23.6 Å². The molecule has 2 rings (SSSR count). The normalized spacial score (nSPS) is 12.9. The van der Waals surface area contributed by atoms with E-state index in [1.165, 1.54) is 0 Å². The highest BCUT2D eigenvalue weighted by molar-refractivity contribution is 5.97. The van der Waals surface area contributed by atoms with Crippen LogP contribution in [-0.2, 0) is 11.3 Å². The van der Waals surface area contributed by atoms with E-state index in [4.69, 9.17) is 0 Å². The molecule has 0 aliphatic heterocycles. The summed E-state index contributed by atoms with van der Waals surface area (Å²) in [7, 11) is 0. The average Bonchev–Trinajstić information content (AvgIpc) is 2.65. The SMILES string of the molecule is CC[C@H](C)[C@H](NC(=O)c1ccccc1)C(=O)NCc1ccccc1. The fourth-order valence-electron chi connectivity index (χ4n) is 2.41. The summed E-state index contributed by atoms with van der Waals surface area (Å²) >= 11 is 0. The Morgan fingerprint density at radius 2 is 1.54 bits per heavy atom. The molecule has 2 atom stereocenters. The molecule has 2 amide bonds. The second-order valence-corrected chi connectivity index (χ2v) is 5.91. The van der Waals surface area contributed by atoms with Crippen molar-refractivity contribution in [2.75, 3.05) is 0 Å². The Morgan fingerprint density at radius 1 is 0.958 bits per heavy atom. The molecule has 0 heterocycles. The molecule has 0 aromatic heterocycles. The molecule has 126 valence electrons. The number of carbonyl (C=O) groups excluding carboxylic acids is 2. The van der Waals surface area contributed by atoms with Gasteiger partial charge >= 0.3 is 0 Å². The molecule has 0 saturated carbocycles. The van der Waals surface area contributed by atoms with Gasteiger partial charge in [0.25, 0.3) is 5.91 Å². The summed E-state index contributed by atoms with van der Waals surface area (Å²) in [6, 6.07) is 18.1. The van der Waals surface area contributed by atoms with Gasteiger partial charge in [0.05, 0.1) is 0 Å². The second kappa shape index (κ2) is 8.87. The van der Waals surface area contributed by atoms with E-state index < -0.39 is 6.04 Å². The predicted molar refractivity (Wildman–Crippen MR) is 95.4 cm³/mol. The van der Waals surface area contributed by atoms with Gasteiger partial charge in [-0.3, -0.25) is 9.59 Å². The van der Waals surface area contributed by atoms with E-state index in [2.05, 4.69) is 10.6 Å². The van der Waals surface area contributed by atoms with Crippen molar-refractivity contribution in [2.45, 2.75) is 32.9 Å². The Bertz CT molecular complexity index is 656. The standard InChI is InChI=1S/C20H24N2O2/c1-3-15(2)18(22-19(23)17-12-8-5-9-13-17)20(24)21-14-16-10-6-4-7-11-16/h4-13,15,18H,3,14H2,1-2H3,(H,21,24)(H,22,23)/t15-,18-/m0/s1. The topological polar surface area (TPSA) is 58.2 Å². The van der Waals surface area contributed by atoms with Gasteiger partial charge in [-0.25, -0.2) is 0 Å². The number of rotatable bonds is 7. The molecule has 0 radical (unpaired) electrons. The van der Waals surface area contributed by atoms with Crippen molar-refractivity contribution in [1.82, 2.24) is 10.6 Å². The number of benzene rings is 2. The van der Waals surface area contributed by atoms with Crippen molar-refractivity contribution in [3.63, 3.8) is 0 Å². The molecular weight excluding hydrogens is 300 g/mol. The van der Waals surface area contributed by atoms with Crippen LogP contribution in [0, 0.1) is 5.92 Å². The zero-order chi connectivity index (χ0) is 17.4. The average molecular weight is 324 g/mol. The van der Waals surface area contributed by atoms with Gasteiger partial charge in [0.1, 0.15) is 6.04 Å². The second-order valence-electron chi connectivity index (χ2n) is 5.91. The van der Waals surface area contributed by atoms with E-state index in [1.54, 1.807) is 12.1 Å². The molecule has 4 heteroatoms. The van der Waals surface area contributed by atoms with Crippen molar-refractivity contribution in [3.8, 4) is 0 Å². The maximum absolute atomic E-state index is 12.6. The van der Waals surface area contributed by atoms with E-state index in [1.807, 2.05) is 62.4 Å². The van der Waals surface area contributed by atoms with Crippen LogP contribution in [0.2, 0.25) is 0 Å². The molecule has 4 nitrogen and oxygen atoms in total. The summed E-state index contributed by atoms with van der Waals surface area (Å²) in [6.07, 6.45) is 0.804. The number of carbonyl (C=O) groups is 2. The molecule has 0 aliphatic rings. The molecule has 0 unspecified atom stereocenters. The molecule has 0 fully saturated rings. The largest absolute Gasteiger partial charge is 0.350 e. The number of amides is 2. The van der Waals surface area contributed by atoms with Crippen LogP contribution in [0.25, 0.3) is 0 Å². The third-order valence-electron chi connectivity index (χ3n) is 4.13. The van der Waals surface area contributed by atoms with Crippen LogP contribution in [0.5, 0.6) is 0 Å². The first-order valence-electron chi connectivity index (χ1n) is 8.29. The summed E-state index contributed by atoms with van der Waals surface area (Å²) in [5.41, 5.74) is 1.59. The number of hydrogen-bond acceptors (Lipinski definition) is 2. The van der Waals surface area contributed by atoms with Gasteiger partial charge in [0.15, 0.2) is 0 Å². The van der Waals surface area contributed by atoms with Crippen LogP contribution < -0.4 is 10.6 Å². The molecule has 0 saturated heterocycles. The maximum atomic E-state index is 12.6. The molecule has 0 bridgehead atoms. The predicted octanol–water partition coefficient (Wildman–Crippen LogP) is 3.15. The first-order chi connectivity index (χ1) is 11.6. The first-order valence-corrected chi connectivity index (χ1v) is 8.29. The molecular formula is C20H24N2O2. The molecule has 24 heavy (non-hydrogen) atoms. The molecule has 2 aromatic carbocycles. The van der Waals surface area contributed by atoms with Gasteiger partial charge in [-0.15, -0.1) is 0 Å². The Hall–Kier alpha value is -2.62. The third kappa shape index (κ3) is 4.95. The number of nitrogens with one attached hydrogen (secondary N) is 2. The van der Waals surface area contributed by atoms with Gasteiger partial charge in [0.2, 0.25) is 5.91 Å². The summed E-state index contributed by atoms with van der Waals surface area (Å²) in [6.45, 7) is 4.43. The van der Waals surface area contributed by atoms with Gasteiger partial charge in [-0.1, -0.05) is 68.8 Å². The Labute approximate surface area is 143 Å². The third-order valence-corrected chi connectivity index (χ3v) is 4.13. The summed E-state index contributed by atoms with van der Waals surface area (Å²) < 4.78 is 0. The van der Waals surface area contributed by atoms with E-state index in [0.29, 0.717) is 12.1 Å². The van der Waals surface area contributed by atoms with Crippen LogP contribution in [0.4, 0.5) is 0 Å². The minimum Gasteiger partial charge on any atom is -0.350 e. The lowest BCUT2D eigenvalue weighted by molar-refractivity contribution is -0.124. The van der Waals surface area contributed by atoms with Crippen LogP contribution in [0.15, 0.2) is 60.7 Å².